The van der Waals surface area contributed by atoms with Crippen LogP contribution in [-0.2, 0) is 16.1 Å². The van der Waals surface area contributed by atoms with Gasteiger partial charge < -0.3 is 39.0 Å². The van der Waals surface area contributed by atoms with Gasteiger partial charge in [0.15, 0.2) is 0 Å². The highest BCUT2D eigenvalue weighted by atomic mass is 16.5. The van der Waals surface area contributed by atoms with E-state index in [0.29, 0.717) is 19.0 Å². The predicted molar refractivity (Wildman–Crippen MR) is 135 cm³/mol. The predicted octanol–water partition coefficient (Wildman–Crippen LogP) is 3.34. The number of piperidine rings is 1. The number of fused-ring (bicyclic) bond motifs is 1. The molecule has 9 nitrogen and oxygen atoms in total. The van der Waals surface area contributed by atoms with E-state index in [4.69, 9.17) is 18.9 Å². The van der Waals surface area contributed by atoms with E-state index < -0.39 is 24.3 Å². The standard InChI is InChI=1S/C27H36N2O7/c1-18-26(30)25(20-6-8-21(34-3)9-7-20)24(16-29(18)27(31)32)36-17-19-5-10-23-22(15-19)28(12-14-35-23)11-4-13-33-2/h5-10,15,18,24-26,30H,4,11-14,16-17H2,1-3H3,(H,31,32)/t18?,24-,25-,26+/m0/s1. The summed E-state index contributed by atoms with van der Waals surface area (Å²) in [7, 11) is 3.31. The van der Waals surface area contributed by atoms with Gasteiger partial charge in [0, 0.05) is 26.2 Å². The van der Waals surface area contributed by atoms with Crippen LogP contribution in [0.15, 0.2) is 42.5 Å². The number of hydrogen-bond acceptors (Lipinski definition) is 7. The molecule has 4 rings (SSSR count). The molecule has 1 unspecified atom stereocenters. The summed E-state index contributed by atoms with van der Waals surface area (Å²) in [5.74, 6) is 1.18. The van der Waals surface area contributed by atoms with Crippen molar-refractivity contribution in [3.05, 3.63) is 53.6 Å². The molecule has 2 aromatic rings. The van der Waals surface area contributed by atoms with Gasteiger partial charge in [-0.15, -0.1) is 0 Å². The van der Waals surface area contributed by atoms with E-state index in [1.165, 1.54) is 4.90 Å². The average molecular weight is 501 g/mol. The smallest absolute Gasteiger partial charge is 0.407 e. The first-order chi connectivity index (χ1) is 17.4. The number of anilines is 1. The van der Waals surface area contributed by atoms with Crippen molar-refractivity contribution in [3.63, 3.8) is 0 Å². The number of hydrogen-bond donors (Lipinski definition) is 2. The largest absolute Gasteiger partial charge is 0.497 e. The second kappa shape index (κ2) is 11.8. The summed E-state index contributed by atoms with van der Waals surface area (Å²) in [5, 5.41) is 20.9. The first kappa shape index (κ1) is 26.1. The zero-order valence-corrected chi connectivity index (χ0v) is 21.1. The van der Waals surface area contributed by atoms with Crippen molar-refractivity contribution in [1.29, 1.82) is 0 Å². The Bertz CT molecular complexity index is 1020. The number of rotatable bonds is 9. The summed E-state index contributed by atoms with van der Waals surface area (Å²) in [6.45, 7) is 5.20. The van der Waals surface area contributed by atoms with Crippen LogP contribution in [-0.4, -0.2) is 86.5 Å². The van der Waals surface area contributed by atoms with E-state index in [9.17, 15) is 15.0 Å². The van der Waals surface area contributed by atoms with E-state index >= 15 is 0 Å². The molecule has 2 aliphatic rings. The molecular formula is C27H36N2O7. The van der Waals surface area contributed by atoms with Crippen molar-refractivity contribution in [2.24, 2.45) is 0 Å². The monoisotopic (exact) mass is 500 g/mol. The van der Waals surface area contributed by atoms with Gasteiger partial charge in [0.05, 0.1) is 50.7 Å². The molecule has 0 bridgehead atoms. The second-order valence-electron chi connectivity index (χ2n) is 9.30. The molecule has 1 fully saturated rings. The third kappa shape index (κ3) is 5.69. The fourth-order valence-electron chi connectivity index (χ4n) is 5.07. The maximum atomic E-state index is 11.9. The molecular weight excluding hydrogens is 464 g/mol. The van der Waals surface area contributed by atoms with Gasteiger partial charge in [0.25, 0.3) is 0 Å². The highest BCUT2D eigenvalue weighted by Gasteiger charge is 2.44. The van der Waals surface area contributed by atoms with Crippen LogP contribution in [0.25, 0.3) is 0 Å². The fourth-order valence-corrected chi connectivity index (χ4v) is 5.07. The minimum absolute atomic E-state index is 0.168. The van der Waals surface area contributed by atoms with E-state index in [1.54, 1.807) is 21.1 Å². The zero-order chi connectivity index (χ0) is 25.7. The first-order valence-corrected chi connectivity index (χ1v) is 12.4. The molecule has 1 amide bonds. The molecule has 0 spiro atoms. The van der Waals surface area contributed by atoms with Gasteiger partial charge >= 0.3 is 6.09 Å². The molecule has 2 aliphatic heterocycles. The lowest BCUT2D eigenvalue weighted by molar-refractivity contribution is -0.0874. The number of aliphatic hydroxyl groups excluding tert-OH is 1. The summed E-state index contributed by atoms with van der Waals surface area (Å²) in [6, 6.07) is 12.9. The molecule has 2 N–H and O–H groups in total. The van der Waals surface area contributed by atoms with Crippen molar-refractivity contribution in [2.75, 3.05) is 52.0 Å². The third-order valence-corrected chi connectivity index (χ3v) is 7.10. The number of methoxy groups -OCH3 is 2. The number of amides is 1. The van der Waals surface area contributed by atoms with Crippen molar-refractivity contribution < 1.29 is 34.0 Å². The molecule has 2 aromatic carbocycles. The number of carbonyl (C=O) groups is 1. The van der Waals surface area contributed by atoms with Crippen LogP contribution < -0.4 is 14.4 Å². The van der Waals surface area contributed by atoms with Crippen LogP contribution in [0.2, 0.25) is 0 Å². The lowest BCUT2D eigenvalue weighted by atomic mass is 9.81. The lowest BCUT2D eigenvalue weighted by Crippen LogP contribution is -2.58. The minimum atomic E-state index is -1.07. The Balaban J connectivity index is 1.54. The molecule has 0 aromatic heterocycles. The molecule has 1 saturated heterocycles. The Morgan fingerprint density at radius 3 is 2.64 bits per heavy atom. The molecule has 196 valence electrons. The number of nitrogens with zero attached hydrogens (tertiary/aromatic N) is 2. The first-order valence-electron chi connectivity index (χ1n) is 12.4. The maximum Gasteiger partial charge on any atom is 0.407 e. The molecule has 0 aliphatic carbocycles. The van der Waals surface area contributed by atoms with E-state index in [2.05, 4.69) is 11.0 Å². The highest BCUT2D eigenvalue weighted by molar-refractivity contribution is 5.66. The van der Waals surface area contributed by atoms with Gasteiger partial charge in [-0.25, -0.2) is 4.79 Å². The van der Waals surface area contributed by atoms with Crippen molar-refractivity contribution in [2.45, 2.75) is 44.1 Å². The summed E-state index contributed by atoms with van der Waals surface area (Å²) in [4.78, 5) is 15.4. The summed E-state index contributed by atoms with van der Waals surface area (Å²) < 4.78 is 22.7. The zero-order valence-electron chi connectivity index (χ0n) is 21.1. The fraction of sp³-hybridized carbons (Fsp3) is 0.519. The molecule has 0 saturated carbocycles. The van der Waals surface area contributed by atoms with Gasteiger partial charge in [-0.05, 0) is 48.7 Å². The lowest BCUT2D eigenvalue weighted by Gasteiger charge is -2.45. The van der Waals surface area contributed by atoms with Gasteiger partial charge in [-0.1, -0.05) is 18.2 Å². The quantitative estimate of drug-likeness (QED) is 0.506. The molecule has 9 heteroatoms. The topological polar surface area (TPSA) is 101 Å². The van der Waals surface area contributed by atoms with Crippen LogP contribution in [0.3, 0.4) is 0 Å². The van der Waals surface area contributed by atoms with Crippen LogP contribution in [0.5, 0.6) is 11.5 Å². The highest BCUT2D eigenvalue weighted by Crippen LogP contribution is 2.37. The second-order valence-corrected chi connectivity index (χ2v) is 9.30. The summed E-state index contributed by atoms with van der Waals surface area (Å²) in [6.07, 6.45) is -1.59. The molecule has 0 radical (unpaired) electrons. The van der Waals surface area contributed by atoms with E-state index in [1.807, 2.05) is 36.4 Å². The van der Waals surface area contributed by atoms with Crippen molar-refractivity contribution in [1.82, 2.24) is 4.90 Å². The van der Waals surface area contributed by atoms with Crippen LogP contribution in [0.4, 0.5) is 10.5 Å². The van der Waals surface area contributed by atoms with Crippen molar-refractivity contribution >= 4 is 11.8 Å². The normalized spacial score (nSPS) is 23.7. The Kier molecular flexibility index (Phi) is 8.56. The van der Waals surface area contributed by atoms with Crippen molar-refractivity contribution in [3.8, 4) is 11.5 Å². The molecule has 36 heavy (non-hydrogen) atoms. The summed E-state index contributed by atoms with van der Waals surface area (Å²) in [5.41, 5.74) is 2.86. The van der Waals surface area contributed by atoms with Gasteiger partial charge in [0.2, 0.25) is 0 Å². The minimum Gasteiger partial charge on any atom is -0.497 e. The number of benzene rings is 2. The maximum absolute atomic E-state index is 11.9. The number of ether oxygens (including phenoxy) is 4. The van der Waals surface area contributed by atoms with Crippen LogP contribution in [0, 0.1) is 0 Å². The number of carboxylic acid groups (broad SMARTS) is 1. The number of likely N-dealkylation sites (tertiary alicyclic amines) is 1. The Hall–Kier alpha value is -3.01. The molecule has 4 atom stereocenters. The Labute approximate surface area is 212 Å². The SMILES string of the molecule is COCCCN1CCOc2ccc(CO[C@H]3CN(C(=O)O)C(C)[C@@H](O)[C@H]3c3ccc(OC)cc3)cc21. The average Bonchev–Trinajstić information content (AvgIpc) is 2.89. The Morgan fingerprint density at radius 2 is 1.94 bits per heavy atom. The third-order valence-electron chi connectivity index (χ3n) is 7.10. The van der Waals surface area contributed by atoms with Crippen LogP contribution in [0.1, 0.15) is 30.4 Å². The van der Waals surface area contributed by atoms with E-state index in [0.717, 1.165) is 42.1 Å². The number of aliphatic hydroxyl groups is 1. The molecule has 2 heterocycles. The van der Waals surface area contributed by atoms with Crippen LogP contribution >= 0.6 is 0 Å². The Morgan fingerprint density at radius 1 is 1.17 bits per heavy atom. The van der Waals surface area contributed by atoms with Gasteiger partial charge in [-0.2, -0.15) is 0 Å². The van der Waals surface area contributed by atoms with Gasteiger partial charge in [-0.3, -0.25) is 0 Å². The van der Waals surface area contributed by atoms with E-state index in [-0.39, 0.29) is 19.1 Å². The van der Waals surface area contributed by atoms with Gasteiger partial charge in [0.1, 0.15) is 18.1 Å². The summed E-state index contributed by atoms with van der Waals surface area (Å²) >= 11 is 0.